The minimum Gasteiger partial charge on any atom is -0.339 e. The Bertz CT molecular complexity index is 890. The van der Waals surface area contributed by atoms with Gasteiger partial charge in [-0.1, -0.05) is 12.8 Å². The van der Waals surface area contributed by atoms with Gasteiger partial charge < -0.3 is 14.7 Å². The Labute approximate surface area is 193 Å². The molecule has 0 bridgehead atoms. The molecule has 4 rings (SSSR count). The first-order valence-corrected chi connectivity index (χ1v) is 11.9. The minimum absolute atomic E-state index is 0.0350. The van der Waals surface area contributed by atoms with Gasteiger partial charge in [0.1, 0.15) is 11.6 Å². The molecule has 7 nitrogen and oxygen atoms in total. The van der Waals surface area contributed by atoms with Crippen molar-refractivity contribution in [3.8, 4) is 0 Å². The fraction of sp³-hybridized carbons (Fsp3) is 0.625. The molecule has 1 atom stereocenters. The normalized spacial score (nSPS) is 21.4. The topological polar surface area (TPSA) is 64.2 Å². The summed E-state index contributed by atoms with van der Waals surface area (Å²) in [4.78, 5) is 45.4. The number of rotatable bonds is 4. The van der Waals surface area contributed by atoms with Crippen molar-refractivity contribution in [2.45, 2.75) is 38.6 Å². The molecule has 0 N–H and O–H groups in total. The Kier molecular flexibility index (Phi) is 7.26. The third-order valence-electron chi connectivity index (χ3n) is 7.29. The summed E-state index contributed by atoms with van der Waals surface area (Å²) in [5.74, 6) is -1.57. The van der Waals surface area contributed by atoms with Crippen LogP contribution in [0.5, 0.6) is 0 Å². The summed E-state index contributed by atoms with van der Waals surface area (Å²) in [6, 6.07) is 2.78. The van der Waals surface area contributed by atoms with Crippen molar-refractivity contribution in [1.29, 1.82) is 0 Å². The van der Waals surface area contributed by atoms with Crippen LogP contribution in [0.15, 0.2) is 18.2 Å². The summed E-state index contributed by atoms with van der Waals surface area (Å²) >= 11 is 0. The van der Waals surface area contributed by atoms with Gasteiger partial charge in [-0.25, -0.2) is 8.78 Å². The van der Waals surface area contributed by atoms with E-state index in [0.717, 1.165) is 37.8 Å². The van der Waals surface area contributed by atoms with Crippen LogP contribution in [0.2, 0.25) is 0 Å². The molecule has 3 aliphatic rings. The lowest BCUT2D eigenvalue weighted by Gasteiger charge is -2.44. The van der Waals surface area contributed by atoms with Gasteiger partial charge in [0, 0.05) is 65.3 Å². The first-order chi connectivity index (χ1) is 15.8. The van der Waals surface area contributed by atoms with Crippen LogP contribution in [0, 0.1) is 17.6 Å². The SMILES string of the molecule is CC(=O)N1CCN(C(=O)[C@H](C2CCCC2)N2CCN(C(=O)c3ccc(F)cc3F)CC2)CC1. The predicted octanol–water partition coefficient (Wildman–Crippen LogP) is 1.97. The van der Waals surface area contributed by atoms with Crippen LogP contribution in [-0.2, 0) is 9.59 Å². The standard InChI is InChI=1S/C24H32F2N4O3/c1-17(31)27-8-12-30(13-9-27)24(33)22(18-4-2-3-5-18)28-10-14-29(15-11-28)23(32)20-7-6-19(25)16-21(20)26/h6-7,16,18,22H,2-5,8-15H2,1H3/t22-/m0/s1. The van der Waals surface area contributed by atoms with Crippen molar-refractivity contribution in [2.75, 3.05) is 52.4 Å². The fourth-order valence-electron chi connectivity index (χ4n) is 5.39. The summed E-state index contributed by atoms with van der Waals surface area (Å²) in [7, 11) is 0. The van der Waals surface area contributed by atoms with Gasteiger partial charge in [-0.2, -0.15) is 0 Å². The number of nitrogens with zero attached hydrogens (tertiary/aromatic N) is 4. The lowest BCUT2D eigenvalue weighted by molar-refractivity contribution is -0.144. The van der Waals surface area contributed by atoms with E-state index in [1.54, 1.807) is 16.7 Å². The van der Waals surface area contributed by atoms with E-state index in [2.05, 4.69) is 4.90 Å². The molecule has 1 aromatic rings. The molecule has 0 unspecified atom stereocenters. The molecule has 1 aliphatic carbocycles. The molecule has 3 fully saturated rings. The van der Waals surface area contributed by atoms with E-state index in [1.165, 1.54) is 6.07 Å². The predicted molar refractivity (Wildman–Crippen MR) is 118 cm³/mol. The molecule has 1 saturated carbocycles. The summed E-state index contributed by atoms with van der Waals surface area (Å²) in [5.41, 5.74) is -0.128. The molecule has 9 heteroatoms. The Morgan fingerprint density at radius 2 is 1.42 bits per heavy atom. The van der Waals surface area contributed by atoms with Crippen molar-refractivity contribution < 1.29 is 23.2 Å². The Morgan fingerprint density at radius 1 is 0.848 bits per heavy atom. The Balaban J connectivity index is 1.41. The highest BCUT2D eigenvalue weighted by Crippen LogP contribution is 2.32. The van der Waals surface area contributed by atoms with Crippen molar-refractivity contribution >= 4 is 17.7 Å². The van der Waals surface area contributed by atoms with E-state index < -0.39 is 17.5 Å². The number of amides is 3. The lowest BCUT2D eigenvalue weighted by Crippen LogP contribution is -2.60. The molecular formula is C24H32F2N4O3. The van der Waals surface area contributed by atoms with Gasteiger partial charge in [0.15, 0.2) is 0 Å². The van der Waals surface area contributed by atoms with Gasteiger partial charge in [-0.05, 0) is 30.9 Å². The molecule has 3 amide bonds. The molecule has 0 spiro atoms. The van der Waals surface area contributed by atoms with E-state index in [9.17, 15) is 23.2 Å². The van der Waals surface area contributed by atoms with Crippen molar-refractivity contribution in [3.63, 3.8) is 0 Å². The summed E-state index contributed by atoms with van der Waals surface area (Å²) in [6.07, 6.45) is 4.28. The van der Waals surface area contributed by atoms with Gasteiger partial charge in [0.05, 0.1) is 11.6 Å². The Hall–Kier alpha value is -2.55. The molecule has 2 heterocycles. The van der Waals surface area contributed by atoms with Crippen molar-refractivity contribution in [1.82, 2.24) is 19.6 Å². The van der Waals surface area contributed by atoms with Crippen LogP contribution < -0.4 is 0 Å². The third kappa shape index (κ3) is 5.18. The van der Waals surface area contributed by atoms with E-state index in [4.69, 9.17) is 0 Å². The van der Waals surface area contributed by atoms with Crippen LogP contribution in [0.3, 0.4) is 0 Å². The fourth-order valence-corrected chi connectivity index (χ4v) is 5.39. The zero-order chi connectivity index (χ0) is 23.5. The molecule has 1 aromatic carbocycles. The molecular weight excluding hydrogens is 430 g/mol. The molecule has 0 aromatic heterocycles. The highest BCUT2D eigenvalue weighted by Gasteiger charge is 2.40. The van der Waals surface area contributed by atoms with Crippen molar-refractivity contribution in [2.24, 2.45) is 5.92 Å². The maximum Gasteiger partial charge on any atom is 0.256 e. The summed E-state index contributed by atoms with van der Waals surface area (Å²) in [6.45, 7) is 5.62. The van der Waals surface area contributed by atoms with E-state index in [1.807, 2.05) is 4.90 Å². The average molecular weight is 463 g/mol. The van der Waals surface area contributed by atoms with Gasteiger partial charge in [0.2, 0.25) is 11.8 Å². The maximum absolute atomic E-state index is 14.1. The zero-order valence-electron chi connectivity index (χ0n) is 19.1. The van der Waals surface area contributed by atoms with Crippen LogP contribution in [0.1, 0.15) is 43.0 Å². The van der Waals surface area contributed by atoms with Crippen LogP contribution in [0.25, 0.3) is 0 Å². The van der Waals surface area contributed by atoms with E-state index in [0.29, 0.717) is 58.3 Å². The first-order valence-electron chi connectivity index (χ1n) is 11.9. The van der Waals surface area contributed by atoms with Crippen molar-refractivity contribution in [3.05, 3.63) is 35.4 Å². The highest BCUT2D eigenvalue weighted by atomic mass is 19.1. The molecule has 180 valence electrons. The van der Waals surface area contributed by atoms with Gasteiger partial charge in [-0.3, -0.25) is 19.3 Å². The highest BCUT2D eigenvalue weighted by molar-refractivity contribution is 5.94. The Morgan fingerprint density at radius 3 is 2.00 bits per heavy atom. The summed E-state index contributed by atoms with van der Waals surface area (Å²) in [5, 5.41) is 0. The van der Waals surface area contributed by atoms with Crippen LogP contribution in [0.4, 0.5) is 8.78 Å². The zero-order valence-corrected chi connectivity index (χ0v) is 19.1. The number of hydrogen-bond donors (Lipinski definition) is 0. The number of benzene rings is 1. The number of hydrogen-bond acceptors (Lipinski definition) is 4. The van der Waals surface area contributed by atoms with Gasteiger partial charge in [-0.15, -0.1) is 0 Å². The second kappa shape index (κ2) is 10.2. The number of piperazine rings is 2. The van der Waals surface area contributed by atoms with Gasteiger partial charge in [0.25, 0.3) is 5.91 Å². The second-order valence-electron chi connectivity index (χ2n) is 9.27. The number of carbonyl (C=O) groups is 3. The summed E-state index contributed by atoms with van der Waals surface area (Å²) < 4.78 is 27.3. The minimum atomic E-state index is -0.855. The smallest absolute Gasteiger partial charge is 0.256 e. The molecule has 2 saturated heterocycles. The van der Waals surface area contributed by atoms with E-state index >= 15 is 0 Å². The van der Waals surface area contributed by atoms with E-state index in [-0.39, 0.29) is 23.4 Å². The number of halogens is 2. The third-order valence-corrected chi connectivity index (χ3v) is 7.29. The quantitative estimate of drug-likeness (QED) is 0.687. The average Bonchev–Trinajstić information content (AvgIpc) is 3.33. The maximum atomic E-state index is 14.1. The van der Waals surface area contributed by atoms with Gasteiger partial charge >= 0.3 is 0 Å². The lowest BCUT2D eigenvalue weighted by atomic mass is 9.94. The van der Waals surface area contributed by atoms with Crippen LogP contribution >= 0.6 is 0 Å². The molecule has 0 radical (unpaired) electrons. The second-order valence-corrected chi connectivity index (χ2v) is 9.27. The number of carbonyl (C=O) groups excluding carboxylic acids is 3. The molecule has 33 heavy (non-hydrogen) atoms. The molecule has 2 aliphatic heterocycles. The monoisotopic (exact) mass is 462 g/mol. The largest absolute Gasteiger partial charge is 0.339 e. The first kappa shape index (κ1) is 23.6. The van der Waals surface area contributed by atoms with Crippen LogP contribution in [-0.4, -0.2) is 95.7 Å².